The van der Waals surface area contributed by atoms with Crippen LogP contribution in [0.1, 0.15) is 5.56 Å². The molecule has 2 N–H and O–H groups in total. The van der Waals surface area contributed by atoms with Crippen LogP contribution in [-0.4, -0.2) is 52.5 Å². The van der Waals surface area contributed by atoms with Gasteiger partial charge in [-0.2, -0.15) is 0 Å². The van der Waals surface area contributed by atoms with Gasteiger partial charge in [-0.1, -0.05) is 36.4 Å². The van der Waals surface area contributed by atoms with Gasteiger partial charge >= 0.3 is 0 Å². The van der Waals surface area contributed by atoms with Crippen LogP contribution < -0.4 is 20.3 Å². The number of nitrogens with zero attached hydrogens (tertiary/aromatic N) is 2. The molecule has 1 aliphatic rings. The largest absolute Gasteiger partial charge is 0.492 e. The minimum absolute atomic E-state index is 0.578. The van der Waals surface area contributed by atoms with Gasteiger partial charge < -0.3 is 25.0 Å². The highest BCUT2D eigenvalue weighted by Crippen LogP contribution is 2.21. The maximum absolute atomic E-state index is 5.70. The molecule has 1 aliphatic heterocycles. The van der Waals surface area contributed by atoms with Crippen LogP contribution in [0.4, 0.5) is 5.69 Å². The lowest BCUT2D eigenvalue weighted by Gasteiger charge is -2.30. The lowest BCUT2D eigenvalue weighted by molar-refractivity contribution is 0.122. The summed E-state index contributed by atoms with van der Waals surface area (Å²) in [4.78, 5) is 6.67. The van der Waals surface area contributed by atoms with Crippen LogP contribution >= 0.6 is 0 Å². The molecule has 2 aromatic carbocycles. The Morgan fingerprint density at radius 2 is 1.78 bits per heavy atom. The van der Waals surface area contributed by atoms with Gasteiger partial charge in [0.15, 0.2) is 5.96 Å². The van der Waals surface area contributed by atoms with E-state index in [9.17, 15) is 0 Å². The number of aliphatic imine (C=N–C) groups is 1. The summed E-state index contributed by atoms with van der Waals surface area (Å²) in [6.45, 7) is 5.40. The number of guanidine groups is 1. The highest BCUT2D eigenvalue weighted by atomic mass is 16.5. The van der Waals surface area contributed by atoms with Gasteiger partial charge in [0, 0.05) is 32.4 Å². The van der Waals surface area contributed by atoms with E-state index in [-0.39, 0.29) is 0 Å². The van der Waals surface area contributed by atoms with Crippen molar-refractivity contribution in [2.75, 3.05) is 51.4 Å². The quantitative estimate of drug-likeness (QED) is 0.446. The van der Waals surface area contributed by atoms with Crippen LogP contribution in [0, 0.1) is 0 Å². The molecule has 0 amide bonds. The van der Waals surface area contributed by atoms with Gasteiger partial charge in [-0.05, 0) is 23.8 Å². The maximum Gasteiger partial charge on any atom is 0.191 e. The summed E-state index contributed by atoms with van der Waals surface area (Å²) in [6, 6.07) is 18.3. The monoisotopic (exact) mass is 368 g/mol. The second-order valence-corrected chi connectivity index (χ2v) is 6.24. The van der Waals surface area contributed by atoms with Gasteiger partial charge in [0.05, 0.1) is 19.8 Å². The Morgan fingerprint density at radius 1 is 1.04 bits per heavy atom. The Bertz CT molecular complexity index is 715. The van der Waals surface area contributed by atoms with Crippen LogP contribution in [0.5, 0.6) is 5.75 Å². The van der Waals surface area contributed by atoms with E-state index in [1.165, 1.54) is 11.3 Å². The fourth-order valence-electron chi connectivity index (χ4n) is 3.03. The van der Waals surface area contributed by atoms with Crippen LogP contribution in [0.15, 0.2) is 59.6 Å². The first kappa shape index (κ1) is 19.0. The molecular weight excluding hydrogens is 340 g/mol. The molecule has 0 bridgehead atoms. The molecule has 3 rings (SSSR count). The Labute approximate surface area is 161 Å². The Balaban J connectivity index is 1.46. The Hall–Kier alpha value is -2.73. The number of hydrogen-bond acceptors (Lipinski definition) is 4. The van der Waals surface area contributed by atoms with Gasteiger partial charge in [0.25, 0.3) is 0 Å². The summed E-state index contributed by atoms with van der Waals surface area (Å²) in [5, 5.41) is 6.68. The lowest BCUT2D eigenvalue weighted by atomic mass is 10.1. The number of benzene rings is 2. The van der Waals surface area contributed by atoms with Gasteiger partial charge in [-0.15, -0.1) is 0 Å². The SMILES string of the molecule is CN=C(NCCOc1ccccc1)NCc1ccccc1N1CCOCC1. The number of hydrogen-bond donors (Lipinski definition) is 2. The molecule has 1 fully saturated rings. The molecule has 1 heterocycles. The van der Waals surface area contributed by atoms with Crippen LogP contribution in [0.3, 0.4) is 0 Å². The molecule has 0 saturated carbocycles. The minimum Gasteiger partial charge on any atom is -0.492 e. The lowest BCUT2D eigenvalue weighted by Crippen LogP contribution is -2.40. The van der Waals surface area contributed by atoms with E-state index in [1.54, 1.807) is 7.05 Å². The van der Waals surface area contributed by atoms with Crippen molar-refractivity contribution in [3.63, 3.8) is 0 Å². The summed E-state index contributed by atoms with van der Waals surface area (Å²) in [7, 11) is 1.78. The summed E-state index contributed by atoms with van der Waals surface area (Å²) in [5.74, 6) is 1.64. The van der Waals surface area contributed by atoms with Crippen molar-refractivity contribution in [2.45, 2.75) is 6.54 Å². The van der Waals surface area contributed by atoms with Crippen molar-refractivity contribution in [1.29, 1.82) is 0 Å². The molecule has 0 unspecified atom stereocenters. The van der Waals surface area contributed by atoms with Gasteiger partial charge in [0.1, 0.15) is 12.4 Å². The Morgan fingerprint density at radius 3 is 2.56 bits per heavy atom. The molecule has 2 aromatic rings. The molecule has 0 aliphatic carbocycles. The zero-order valence-electron chi connectivity index (χ0n) is 15.9. The van der Waals surface area contributed by atoms with E-state index in [0.29, 0.717) is 19.7 Å². The second kappa shape index (κ2) is 10.4. The van der Waals surface area contributed by atoms with Gasteiger partial charge in [0.2, 0.25) is 0 Å². The molecule has 6 nitrogen and oxygen atoms in total. The molecule has 0 radical (unpaired) electrons. The third kappa shape index (κ3) is 5.89. The van der Waals surface area contributed by atoms with Crippen LogP contribution in [0.25, 0.3) is 0 Å². The van der Waals surface area contributed by atoms with Gasteiger partial charge in [-0.25, -0.2) is 0 Å². The first-order valence-electron chi connectivity index (χ1n) is 9.40. The summed E-state index contributed by atoms with van der Waals surface area (Å²) >= 11 is 0. The molecule has 0 aromatic heterocycles. The minimum atomic E-state index is 0.578. The molecule has 1 saturated heterocycles. The number of nitrogens with one attached hydrogen (secondary N) is 2. The normalized spacial score (nSPS) is 14.7. The summed E-state index contributed by atoms with van der Waals surface area (Å²) < 4.78 is 11.2. The fraction of sp³-hybridized carbons (Fsp3) is 0.381. The third-order valence-corrected chi connectivity index (χ3v) is 4.42. The standard InChI is InChI=1S/C21H28N4O2/c1-22-21(23-11-14-27-19-8-3-2-4-9-19)24-17-18-7-5-6-10-20(18)25-12-15-26-16-13-25/h2-10H,11-17H2,1H3,(H2,22,23,24). The van der Waals surface area contributed by atoms with E-state index >= 15 is 0 Å². The predicted molar refractivity (Wildman–Crippen MR) is 110 cm³/mol. The molecule has 0 spiro atoms. The van der Waals surface area contributed by atoms with E-state index in [0.717, 1.165) is 38.0 Å². The van der Waals surface area contributed by atoms with Crippen LogP contribution in [0.2, 0.25) is 0 Å². The van der Waals surface area contributed by atoms with E-state index < -0.39 is 0 Å². The molecular formula is C21H28N4O2. The maximum atomic E-state index is 5.70. The molecule has 0 atom stereocenters. The number of ether oxygens (including phenoxy) is 2. The third-order valence-electron chi connectivity index (χ3n) is 4.42. The fourth-order valence-corrected chi connectivity index (χ4v) is 3.03. The zero-order valence-corrected chi connectivity index (χ0v) is 15.9. The van der Waals surface area contributed by atoms with Gasteiger partial charge in [-0.3, -0.25) is 4.99 Å². The second-order valence-electron chi connectivity index (χ2n) is 6.24. The average molecular weight is 368 g/mol. The predicted octanol–water partition coefficient (Wildman–Crippen LogP) is 2.27. The van der Waals surface area contributed by atoms with E-state index in [2.05, 4.69) is 44.8 Å². The highest BCUT2D eigenvalue weighted by Gasteiger charge is 2.14. The zero-order chi connectivity index (χ0) is 18.7. The molecule has 144 valence electrons. The van der Waals surface area contributed by atoms with Crippen molar-refractivity contribution in [1.82, 2.24) is 10.6 Å². The average Bonchev–Trinajstić information content (AvgIpc) is 2.75. The topological polar surface area (TPSA) is 58.1 Å². The van der Waals surface area contributed by atoms with Crippen molar-refractivity contribution in [3.05, 3.63) is 60.2 Å². The van der Waals surface area contributed by atoms with E-state index in [1.807, 2.05) is 30.3 Å². The number of para-hydroxylation sites is 2. The van der Waals surface area contributed by atoms with E-state index in [4.69, 9.17) is 9.47 Å². The number of rotatable bonds is 7. The first-order valence-corrected chi connectivity index (χ1v) is 9.40. The van der Waals surface area contributed by atoms with Crippen molar-refractivity contribution < 1.29 is 9.47 Å². The summed E-state index contributed by atoms with van der Waals surface area (Å²) in [5.41, 5.74) is 2.51. The van der Waals surface area contributed by atoms with Crippen molar-refractivity contribution >= 4 is 11.6 Å². The number of morpholine rings is 1. The van der Waals surface area contributed by atoms with Crippen LogP contribution in [-0.2, 0) is 11.3 Å². The number of anilines is 1. The van der Waals surface area contributed by atoms with Crippen molar-refractivity contribution in [2.24, 2.45) is 4.99 Å². The first-order chi connectivity index (χ1) is 13.4. The molecule has 6 heteroatoms. The highest BCUT2D eigenvalue weighted by molar-refractivity contribution is 5.79. The smallest absolute Gasteiger partial charge is 0.191 e. The van der Waals surface area contributed by atoms with Crippen molar-refractivity contribution in [3.8, 4) is 5.75 Å². The summed E-state index contributed by atoms with van der Waals surface area (Å²) in [6.07, 6.45) is 0. The molecule has 27 heavy (non-hydrogen) atoms. The Kier molecular flexibility index (Phi) is 7.35.